The van der Waals surface area contributed by atoms with E-state index < -0.39 is 0 Å². The van der Waals surface area contributed by atoms with Crippen molar-refractivity contribution in [1.29, 1.82) is 0 Å². The molecule has 0 radical (unpaired) electrons. The van der Waals surface area contributed by atoms with E-state index in [1.54, 1.807) is 7.11 Å². The van der Waals surface area contributed by atoms with E-state index in [1.807, 2.05) is 6.92 Å². The van der Waals surface area contributed by atoms with Crippen LogP contribution < -0.4 is 0 Å². The van der Waals surface area contributed by atoms with Crippen molar-refractivity contribution in [2.45, 2.75) is 6.92 Å². The second-order valence-electron chi connectivity index (χ2n) is 1.39. The zero-order valence-corrected chi connectivity index (χ0v) is 5.33. The Morgan fingerprint density at radius 2 is 2.43 bits per heavy atom. The molecule has 0 saturated heterocycles. The van der Waals surface area contributed by atoms with Crippen LogP contribution in [0.4, 0.5) is 0 Å². The third-order valence-electron chi connectivity index (χ3n) is 0.558. The molecule has 0 saturated carbocycles. The molecule has 0 aliphatic carbocycles. The van der Waals surface area contributed by atoms with Gasteiger partial charge in [-0.25, -0.2) is 0 Å². The average Bonchev–Trinajstić information content (AvgIpc) is 1.68. The molecule has 0 fully saturated rings. The fraction of sp³-hybridized carbons (Fsp3) is 0.600. The number of hydrogen-bond acceptors (Lipinski definition) is 1. The van der Waals surface area contributed by atoms with Crippen LogP contribution in [0.3, 0.4) is 0 Å². The topological polar surface area (TPSA) is 9.23 Å². The number of ether oxygens (including phenoxy) is 1. The van der Waals surface area contributed by atoms with E-state index in [1.165, 1.54) is 5.54 Å². The molecule has 0 aromatic rings. The van der Waals surface area contributed by atoms with Gasteiger partial charge in [0, 0.05) is 12.6 Å². The molecule has 0 aromatic carbocycles. The number of halogens is 1. The first-order valence-corrected chi connectivity index (χ1v) is 2.49. The van der Waals surface area contributed by atoms with Gasteiger partial charge in [-0.15, -0.1) is 0 Å². The molecule has 7 heavy (non-hydrogen) atoms. The molecular weight excluding hydrogens is 112 g/mol. The molecular formula is C5H9ClO. The van der Waals surface area contributed by atoms with Crippen LogP contribution in [0.15, 0.2) is 11.1 Å². The van der Waals surface area contributed by atoms with Crippen LogP contribution in [0.1, 0.15) is 6.92 Å². The lowest BCUT2D eigenvalue weighted by atomic mass is 10.4. The Morgan fingerprint density at radius 1 is 1.86 bits per heavy atom. The first kappa shape index (κ1) is 6.99. The van der Waals surface area contributed by atoms with E-state index in [0.29, 0.717) is 6.61 Å². The molecule has 0 aliphatic rings. The predicted octanol–water partition coefficient (Wildman–Crippen LogP) is 1.78. The van der Waals surface area contributed by atoms with Crippen LogP contribution in [0.2, 0.25) is 0 Å². The van der Waals surface area contributed by atoms with Crippen molar-refractivity contribution < 1.29 is 4.74 Å². The van der Waals surface area contributed by atoms with Crippen LogP contribution in [0.25, 0.3) is 0 Å². The van der Waals surface area contributed by atoms with E-state index in [4.69, 9.17) is 16.3 Å². The van der Waals surface area contributed by atoms with E-state index in [-0.39, 0.29) is 0 Å². The van der Waals surface area contributed by atoms with Gasteiger partial charge in [0.25, 0.3) is 0 Å². The Morgan fingerprint density at radius 3 is 2.57 bits per heavy atom. The second kappa shape index (κ2) is 4.16. The summed E-state index contributed by atoms with van der Waals surface area (Å²) in [4.78, 5) is 0. The normalized spacial score (nSPS) is 12.1. The largest absolute Gasteiger partial charge is 0.380 e. The summed E-state index contributed by atoms with van der Waals surface area (Å²) in [6.07, 6.45) is 0. The number of methoxy groups -OCH3 is 1. The maximum absolute atomic E-state index is 5.29. The van der Waals surface area contributed by atoms with Crippen LogP contribution in [0, 0.1) is 0 Å². The van der Waals surface area contributed by atoms with E-state index in [2.05, 4.69) is 0 Å². The molecule has 1 nitrogen and oxygen atoms in total. The molecule has 0 aliphatic heterocycles. The number of hydrogen-bond donors (Lipinski definition) is 0. The van der Waals surface area contributed by atoms with Crippen molar-refractivity contribution >= 4 is 11.6 Å². The summed E-state index contributed by atoms with van der Waals surface area (Å²) in [6.45, 7) is 2.54. The minimum atomic E-state index is 0.628. The van der Waals surface area contributed by atoms with Crippen molar-refractivity contribution in [3.8, 4) is 0 Å². The second-order valence-corrected chi connectivity index (χ2v) is 1.61. The van der Waals surface area contributed by atoms with Gasteiger partial charge in [-0.1, -0.05) is 11.6 Å². The third kappa shape index (κ3) is 3.83. The lowest BCUT2D eigenvalue weighted by Crippen LogP contribution is -1.86. The molecule has 0 spiro atoms. The maximum atomic E-state index is 5.29. The smallest absolute Gasteiger partial charge is 0.0681 e. The van der Waals surface area contributed by atoms with E-state index >= 15 is 0 Å². The molecule has 0 amide bonds. The van der Waals surface area contributed by atoms with Crippen molar-refractivity contribution in [3.05, 3.63) is 11.1 Å². The van der Waals surface area contributed by atoms with Crippen molar-refractivity contribution in [2.75, 3.05) is 13.7 Å². The van der Waals surface area contributed by atoms with Crippen LogP contribution >= 0.6 is 11.6 Å². The van der Waals surface area contributed by atoms with Crippen LogP contribution in [-0.2, 0) is 4.74 Å². The first-order valence-electron chi connectivity index (χ1n) is 2.06. The summed E-state index contributed by atoms with van der Waals surface area (Å²) in [5, 5.41) is 0. The summed E-state index contributed by atoms with van der Waals surface area (Å²) < 4.78 is 4.74. The van der Waals surface area contributed by atoms with Gasteiger partial charge < -0.3 is 4.74 Å². The quantitative estimate of drug-likeness (QED) is 0.540. The van der Waals surface area contributed by atoms with Gasteiger partial charge in [0.05, 0.1) is 6.61 Å². The molecule has 0 N–H and O–H groups in total. The highest BCUT2D eigenvalue weighted by atomic mass is 35.5. The Kier molecular flexibility index (Phi) is 4.15. The van der Waals surface area contributed by atoms with Crippen molar-refractivity contribution in [2.24, 2.45) is 0 Å². The fourth-order valence-electron chi connectivity index (χ4n) is 0.259. The third-order valence-corrected chi connectivity index (χ3v) is 0.931. The van der Waals surface area contributed by atoms with Crippen LogP contribution in [0.5, 0.6) is 0 Å². The standard InChI is InChI=1S/C5H9ClO/c1-5(3-6)4-7-2/h3H,4H2,1-2H3/b5-3+. The molecule has 2 heteroatoms. The fourth-order valence-corrected chi connectivity index (χ4v) is 0.322. The zero-order valence-electron chi connectivity index (χ0n) is 4.57. The molecule has 42 valence electrons. The van der Waals surface area contributed by atoms with Gasteiger partial charge in [-0.3, -0.25) is 0 Å². The molecule has 0 bridgehead atoms. The Hall–Kier alpha value is -0.0100. The lowest BCUT2D eigenvalue weighted by molar-refractivity contribution is 0.226. The Balaban J connectivity index is 3.17. The summed E-state index contributed by atoms with van der Waals surface area (Å²) in [5.74, 6) is 0. The molecule has 0 heterocycles. The SMILES string of the molecule is COC/C(C)=C/Cl. The average molecular weight is 121 g/mol. The van der Waals surface area contributed by atoms with Gasteiger partial charge in [0.15, 0.2) is 0 Å². The van der Waals surface area contributed by atoms with Crippen molar-refractivity contribution in [1.82, 2.24) is 0 Å². The van der Waals surface area contributed by atoms with E-state index in [9.17, 15) is 0 Å². The lowest BCUT2D eigenvalue weighted by Gasteiger charge is -1.92. The minimum absolute atomic E-state index is 0.628. The van der Waals surface area contributed by atoms with Gasteiger partial charge in [0.2, 0.25) is 0 Å². The molecule has 0 rings (SSSR count). The molecule has 0 aromatic heterocycles. The highest BCUT2D eigenvalue weighted by Gasteiger charge is 1.80. The van der Waals surface area contributed by atoms with Gasteiger partial charge in [0.1, 0.15) is 0 Å². The first-order chi connectivity index (χ1) is 3.31. The van der Waals surface area contributed by atoms with Gasteiger partial charge >= 0.3 is 0 Å². The van der Waals surface area contributed by atoms with E-state index in [0.717, 1.165) is 5.57 Å². The molecule has 0 unspecified atom stereocenters. The van der Waals surface area contributed by atoms with Crippen molar-refractivity contribution in [3.63, 3.8) is 0 Å². The summed E-state index contributed by atoms with van der Waals surface area (Å²) in [6, 6.07) is 0. The maximum Gasteiger partial charge on any atom is 0.0681 e. The highest BCUT2D eigenvalue weighted by molar-refractivity contribution is 6.25. The minimum Gasteiger partial charge on any atom is -0.380 e. The van der Waals surface area contributed by atoms with Gasteiger partial charge in [-0.05, 0) is 12.5 Å². The highest BCUT2D eigenvalue weighted by Crippen LogP contribution is 1.93. The Labute approximate surface area is 48.9 Å². The summed E-state index contributed by atoms with van der Waals surface area (Å²) in [5.41, 5.74) is 2.56. The Bertz CT molecular complexity index is 68.5. The number of rotatable bonds is 2. The summed E-state index contributed by atoms with van der Waals surface area (Å²) in [7, 11) is 1.64. The predicted molar refractivity (Wildman–Crippen MR) is 31.5 cm³/mol. The zero-order chi connectivity index (χ0) is 5.70. The monoisotopic (exact) mass is 120 g/mol. The summed E-state index contributed by atoms with van der Waals surface area (Å²) >= 11 is 5.29. The molecule has 0 atom stereocenters. The van der Waals surface area contributed by atoms with Crippen LogP contribution in [-0.4, -0.2) is 13.7 Å². The van der Waals surface area contributed by atoms with Gasteiger partial charge in [-0.2, -0.15) is 0 Å².